The molecule has 25 heavy (non-hydrogen) atoms. The highest BCUT2D eigenvalue weighted by Gasteiger charge is 2.33. The molecule has 1 aromatic carbocycles. The van der Waals surface area contributed by atoms with Gasteiger partial charge in [-0.25, -0.2) is 0 Å². The van der Waals surface area contributed by atoms with Crippen LogP contribution in [0.5, 0.6) is 11.5 Å². The Morgan fingerprint density at radius 2 is 1.88 bits per heavy atom. The number of nitrogens with zero attached hydrogens (tertiary/aromatic N) is 1. The molecule has 1 atom stereocenters. The van der Waals surface area contributed by atoms with Crippen LogP contribution in [0.15, 0.2) is 48.8 Å². The minimum Gasteiger partial charge on any atom is -0.481 e. The summed E-state index contributed by atoms with van der Waals surface area (Å²) in [5, 5.41) is 11.9. The maximum Gasteiger partial charge on any atom is 0.305 e. The summed E-state index contributed by atoms with van der Waals surface area (Å²) in [5.74, 6) is -0.0990. The van der Waals surface area contributed by atoms with E-state index in [4.69, 9.17) is 9.84 Å². The fourth-order valence-corrected chi connectivity index (χ4v) is 2.26. The Labute approximate surface area is 146 Å². The van der Waals surface area contributed by atoms with Crippen LogP contribution in [-0.2, 0) is 4.79 Å². The van der Waals surface area contributed by atoms with Crippen LogP contribution >= 0.6 is 0 Å². The molecule has 0 aliphatic carbocycles. The molecule has 0 spiro atoms. The van der Waals surface area contributed by atoms with E-state index in [0.29, 0.717) is 17.1 Å². The monoisotopic (exact) mass is 342 g/mol. The van der Waals surface area contributed by atoms with Crippen molar-refractivity contribution in [1.29, 1.82) is 0 Å². The van der Waals surface area contributed by atoms with Gasteiger partial charge in [0.25, 0.3) is 5.91 Å². The lowest BCUT2D eigenvalue weighted by atomic mass is 9.85. The Bertz CT molecular complexity index is 729. The van der Waals surface area contributed by atoms with Crippen LogP contribution in [0.25, 0.3) is 0 Å². The smallest absolute Gasteiger partial charge is 0.305 e. The number of benzene rings is 1. The number of amides is 1. The first kappa shape index (κ1) is 18.4. The van der Waals surface area contributed by atoms with Crippen LogP contribution < -0.4 is 10.1 Å². The van der Waals surface area contributed by atoms with Crippen LogP contribution in [0.3, 0.4) is 0 Å². The number of hydrogen-bond acceptors (Lipinski definition) is 4. The second kappa shape index (κ2) is 7.79. The zero-order valence-electron chi connectivity index (χ0n) is 14.5. The Morgan fingerprint density at radius 1 is 1.20 bits per heavy atom. The van der Waals surface area contributed by atoms with Crippen molar-refractivity contribution in [1.82, 2.24) is 10.3 Å². The van der Waals surface area contributed by atoms with Crippen molar-refractivity contribution in [3.8, 4) is 11.5 Å². The Kier molecular flexibility index (Phi) is 5.75. The van der Waals surface area contributed by atoms with E-state index >= 15 is 0 Å². The van der Waals surface area contributed by atoms with Gasteiger partial charge in [0.05, 0.1) is 18.2 Å². The Balaban J connectivity index is 2.08. The highest BCUT2D eigenvalue weighted by Crippen LogP contribution is 2.23. The van der Waals surface area contributed by atoms with Crippen molar-refractivity contribution in [3.05, 3.63) is 54.4 Å². The van der Waals surface area contributed by atoms with E-state index in [9.17, 15) is 9.59 Å². The summed E-state index contributed by atoms with van der Waals surface area (Å²) in [4.78, 5) is 27.5. The van der Waals surface area contributed by atoms with Gasteiger partial charge in [-0.2, -0.15) is 0 Å². The van der Waals surface area contributed by atoms with Gasteiger partial charge >= 0.3 is 5.97 Å². The molecule has 0 saturated heterocycles. The van der Waals surface area contributed by atoms with Crippen molar-refractivity contribution in [2.45, 2.75) is 32.7 Å². The molecule has 0 fully saturated rings. The first-order valence-corrected chi connectivity index (χ1v) is 8.02. The lowest BCUT2D eigenvalue weighted by molar-refractivity contribution is -0.138. The molecule has 1 unspecified atom stereocenters. The summed E-state index contributed by atoms with van der Waals surface area (Å²) >= 11 is 0. The quantitative estimate of drug-likeness (QED) is 0.804. The molecule has 1 amide bonds. The number of hydrogen-bond donors (Lipinski definition) is 2. The van der Waals surface area contributed by atoms with Crippen LogP contribution in [0.1, 0.15) is 37.6 Å². The fraction of sp³-hybridized carbons (Fsp3) is 0.316. The lowest BCUT2D eigenvalue weighted by Gasteiger charge is -2.33. The second-order valence-corrected chi connectivity index (χ2v) is 6.41. The van der Waals surface area contributed by atoms with Gasteiger partial charge < -0.3 is 15.2 Å². The first-order valence-electron chi connectivity index (χ1n) is 8.02. The molecule has 6 nitrogen and oxygen atoms in total. The molecule has 0 saturated carbocycles. The van der Waals surface area contributed by atoms with E-state index in [1.165, 1.54) is 0 Å². The Morgan fingerprint density at radius 3 is 2.40 bits per heavy atom. The van der Waals surface area contributed by atoms with Crippen LogP contribution in [-0.4, -0.2) is 27.5 Å². The maximum absolute atomic E-state index is 12.5. The largest absolute Gasteiger partial charge is 0.481 e. The van der Waals surface area contributed by atoms with Crippen LogP contribution in [0, 0.1) is 5.92 Å². The van der Waals surface area contributed by atoms with Gasteiger partial charge in [0.1, 0.15) is 11.5 Å². The summed E-state index contributed by atoms with van der Waals surface area (Å²) in [6.07, 6.45) is 3.11. The van der Waals surface area contributed by atoms with Gasteiger partial charge in [-0.3, -0.25) is 14.6 Å². The molecular weight excluding hydrogens is 320 g/mol. The van der Waals surface area contributed by atoms with E-state index in [0.717, 1.165) is 0 Å². The number of rotatable bonds is 7. The van der Waals surface area contributed by atoms with Crippen molar-refractivity contribution in [2.24, 2.45) is 5.92 Å². The number of carboxylic acids is 1. The van der Waals surface area contributed by atoms with Gasteiger partial charge in [-0.15, -0.1) is 0 Å². The average molecular weight is 342 g/mol. The predicted octanol–water partition coefficient (Wildman–Crippen LogP) is 3.49. The zero-order valence-corrected chi connectivity index (χ0v) is 14.5. The number of carbonyl (C=O) groups excluding carboxylic acids is 1. The molecule has 0 aliphatic rings. The third kappa shape index (κ3) is 5.04. The van der Waals surface area contributed by atoms with Gasteiger partial charge in [0.2, 0.25) is 0 Å². The number of pyridine rings is 1. The van der Waals surface area contributed by atoms with E-state index in [2.05, 4.69) is 10.3 Å². The number of carbonyl (C=O) groups is 2. The van der Waals surface area contributed by atoms with E-state index in [1.54, 1.807) is 55.7 Å². The molecule has 6 heteroatoms. The first-order chi connectivity index (χ1) is 11.8. The minimum absolute atomic E-state index is 0.0271. The number of aromatic nitrogens is 1. The zero-order chi connectivity index (χ0) is 18.4. The van der Waals surface area contributed by atoms with Crippen molar-refractivity contribution < 1.29 is 19.4 Å². The third-order valence-corrected chi connectivity index (χ3v) is 4.18. The molecule has 2 N–H and O–H groups in total. The molecule has 0 bridgehead atoms. The summed E-state index contributed by atoms with van der Waals surface area (Å²) in [7, 11) is 0. The molecule has 1 aromatic heterocycles. The standard InChI is InChI=1S/C19H22N2O4/c1-13(2)19(3,11-17(22)23)21-18(24)14-6-8-15(9-7-14)25-16-5-4-10-20-12-16/h4-10,12-13H,11H2,1-3H3,(H,21,24)(H,22,23). The van der Waals surface area contributed by atoms with Gasteiger partial charge in [0, 0.05) is 11.8 Å². The van der Waals surface area contributed by atoms with E-state index in [1.807, 2.05) is 13.8 Å². The maximum atomic E-state index is 12.5. The van der Waals surface area contributed by atoms with Crippen molar-refractivity contribution >= 4 is 11.9 Å². The SMILES string of the molecule is CC(C)C(C)(CC(=O)O)NC(=O)c1ccc(Oc2cccnc2)cc1. The van der Waals surface area contributed by atoms with E-state index in [-0.39, 0.29) is 18.2 Å². The van der Waals surface area contributed by atoms with E-state index < -0.39 is 11.5 Å². The third-order valence-electron chi connectivity index (χ3n) is 4.18. The van der Waals surface area contributed by atoms with Gasteiger partial charge in [-0.1, -0.05) is 13.8 Å². The molecular formula is C19H22N2O4. The summed E-state index contributed by atoms with van der Waals surface area (Å²) in [6, 6.07) is 10.2. The number of ether oxygens (including phenoxy) is 1. The van der Waals surface area contributed by atoms with Gasteiger partial charge in [-0.05, 0) is 49.2 Å². The highest BCUT2D eigenvalue weighted by atomic mass is 16.5. The number of carboxylic acid groups (broad SMARTS) is 1. The van der Waals surface area contributed by atoms with Crippen LogP contribution in [0.4, 0.5) is 0 Å². The predicted molar refractivity (Wildman–Crippen MR) is 93.7 cm³/mol. The molecule has 1 heterocycles. The summed E-state index contributed by atoms with van der Waals surface area (Å²) < 4.78 is 5.63. The summed E-state index contributed by atoms with van der Waals surface area (Å²) in [6.45, 7) is 5.51. The number of nitrogens with one attached hydrogen (secondary N) is 1. The summed E-state index contributed by atoms with van der Waals surface area (Å²) in [5.41, 5.74) is -0.385. The molecule has 2 aromatic rings. The van der Waals surface area contributed by atoms with Gasteiger partial charge in [0.15, 0.2) is 0 Å². The molecule has 132 valence electrons. The topological polar surface area (TPSA) is 88.5 Å². The number of aliphatic carboxylic acids is 1. The normalized spacial score (nSPS) is 13.1. The van der Waals surface area contributed by atoms with Crippen molar-refractivity contribution in [2.75, 3.05) is 0 Å². The second-order valence-electron chi connectivity index (χ2n) is 6.41. The minimum atomic E-state index is -0.947. The lowest BCUT2D eigenvalue weighted by Crippen LogP contribution is -2.51. The van der Waals surface area contributed by atoms with Crippen molar-refractivity contribution in [3.63, 3.8) is 0 Å². The highest BCUT2D eigenvalue weighted by molar-refractivity contribution is 5.95. The molecule has 2 rings (SSSR count). The molecule has 0 radical (unpaired) electrons. The molecule has 0 aliphatic heterocycles. The average Bonchev–Trinajstić information content (AvgIpc) is 2.55. The Hall–Kier alpha value is -2.89. The fourth-order valence-electron chi connectivity index (χ4n) is 2.26. The van der Waals surface area contributed by atoms with Crippen LogP contribution in [0.2, 0.25) is 0 Å².